The summed E-state index contributed by atoms with van der Waals surface area (Å²) in [4.78, 5) is 0. The van der Waals surface area contributed by atoms with Gasteiger partial charge in [0.2, 0.25) is 10.0 Å². The van der Waals surface area contributed by atoms with Crippen molar-refractivity contribution in [2.75, 3.05) is 12.3 Å². The molecule has 1 aliphatic rings. The smallest absolute Gasteiger partial charge is 0.211 e. The summed E-state index contributed by atoms with van der Waals surface area (Å²) in [6.45, 7) is 3.91. The van der Waals surface area contributed by atoms with Crippen LogP contribution < -0.4 is 10.5 Å². The lowest BCUT2D eigenvalue weighted by Gasteiger charge is -2.18. The maximum absolute atomic E-state index is 11.4. The minimum absolute atomic E-state index is 0. The summed E-state index contributed by atoms with van der Waals surface area (Å²) in [5.41, 5.74) is 5.20. The van der Waals surface area contributed by atoms with E-state index in [1.807, 2.05) is 0 Å². The van der Waals surface area contributed by atoms with E-state index in [0.717, 1.165) is 6.42 Å². The van der Waals surface area contributed by atoms with Crippen LogP contribution in [0.3, 0.4) is 0 Å². The summed E-state index contributed by atoms with van der Waals surface area (Å²) < 4.78 is 25.4. The summed E-state index contributed by atoms with van der Waals surface area (Å²) >= 11 is 0. The van der Waals surface area contributed by atoms with E-state index in [-0.39, 0.29) is 18.2 Å². The van der Waals surface area contributed by atoms with Crippen LogP contribution in [-0.2, 0) is 10.0 Å². The summed E-state index contributed by atoms with van der Waals surface area (Å²) in [7, 11) is -3.10. The minimum atomic E-state index is -3.10. The van der Waals surface area contributed by atoms with Crippen molar-refractivity contribution in [3.8, 4) is 0 Å². The molecule has 4 nitrogen and oxygen atoms in total. The second-order valence-electron chi connectivity index (χ2n) is 4.86. The Morgan fingerprint density at radius 1 is 1.40 bits per heavy atom. The Morgan fingerprint density at radius 2 is 1.93 bits per heavy atom. The van der Waals surface area contributed by atoms with Gasteiger partial charge in [0.05, 0.1) is 5.75 Å². The summed E-state index contributed by atoms with van der Waals surface area (Å²) in [6, 6.07) is 0. The molecule has 0 aliphatic heterocycles. The number of nitrogens with one attached hydrogen (secondary N) is 1. The minimum Gasteiger partial charge on any atom is -0.324 e. The van der Waals surface area contributed by atoms with E-state index in [4.69, 9.17) is 5.73 Å². The van der Waals surface area contributed by atoms with Crippen LogP contribution in [0.2, 0.25) is 0 Å². The molecular formula is C9H21ClN2O2S. The molecule has 0 spiro atoms. The Morgan fingerprint density at radius 3 is 2.33 bits per heavy atom. The Kier molecular flexibility index (Phi) is 5.54. The molecule has 0 aromatic carbocycles. The molecule has 0 amide bonds. The highest BCUT2D eigenvalue weighted by atomic mass is 35.5. The van der Waals surface area contributed by atoms with E-state index in [9.17, 15) is 8.42 Å². The summed E-state index contributed by atoms with van der Waals surface area (Å²) in [5.74, 6) is 0.894. The fourth-order valence-electron chi connectivity index (χ4n) is 1.10. The van der Waals surface area contributed by atoms with Crippen molar-refractivity contribution in [3.05, 3.63) is 0 Å². The molecule has 0 radical (unpaired) electrons. The Bertz CT molecular complexity index is 281. The lowest BCUT2D eigenvalue weighted by atomic mass is 10.1. The van der Waals surface area contributed by atoms with Crippen LogP contribution >= 0.6 is 12.4 Å². The second kappa shape index (κ2) is 5.48. The van der Waals surface area contributed by atoms with Crippen molar-refractivity contribution in [1.29, 1.82) is 0 Å². The van der Waals surface area contributed by atoms with Crippen molar-refractivity contribution in [2.24, 2.45) is 11.7 Å². The summed E-state index contributed by atoms with van der Waals surface area (Å²) in [5, 5.41) is 0. The van der Waals surface area contributed by atoms with Crippen LogP contribution in [0.25, 0.3) is 0 Å². The molecule has 0 aromatic heterocycles. The van der Waals surface area contributed by atoms with Gasteiger partial charge in [-0.3, -0.25) is 0 Å². The number of sulfonamides is 1. The molecule has 0 unspecified atom stereocenters. The van der Waals surface area contributed by atoms with Gasteiger partial charge in [-0.15, -0.1) is 12.4 Å². The fraction of sp³-hybridized carbons (Fsp3) is 1.00. The lowest BCUT2D eigenvalue weighted by molar-refractivity contribution is 0.497. The topological polar surface area (TPSA) is 72.2 Å². The molecule has 1 fully saturated rings. The number of rotatable bonds is 6. The van der Waals surface area contributed by atoms with Crippen LogP contribution in [0, 0.1) is 5.92 Å². The lowest BCUT2D eigenvalue weighted by Crippen LogP contribution is -2.45. The first-order chi connectivity index (χ1) is 6.29. The molecule has 1 rings (SSSR count). The first-order valence-corrected chi connectivity index (χ1v) is 6.70. The molecule has 15 heavy (non-hydrogen) atoms. The van der Waals surface area contributed by atoms with Crippen LogP contribution in [0.5, 0.6) is 0 Å². The predicted molar refractivity (Wildman–Crippen MR) is 64.6 cm³/mol. The van der Waals surface area contributed by atoms with E-state index in [1.54, 1.807) is 13.8 Å². The van der Waals surface area contributed by atoms with Crippen LogP contribution in [-0.4, -0.2) is 26.3 Å². The van der Waals surface area contributed by atoms with Gasteiger partial charge in [0.1, 0.15) is 0 Å². The van der Waals surface area contributed by atoms with Gasteiger partial charge < -0.3 is 5.73 Å². The molecule has 0 heterocycles. The number of hydrogen-bond donors (Lipinski definition) is 2. The highest BCUT2D eigenvalue weighted by Crippen LogP contribution is 2.32. The van der Waals surface area contributed by atoms with Gasteiger partial charge >= 0.3 is 0 Å². The third kappa shape index (κ3) is 8.02. The molecule has 92 valence electrons. The van der Waals surface area contributed by atoms with Gasteiger partial charge in [0.25, 0.3) is 0 Å². The van der Waals surface area contributed by atoms with E-state index in [1.165, 1.54) is 12.8 Å². The van der Waals surface area contributed by atoms with Crippen molar-refractivity contribution in [1.82, 2.24) is 4.72 Å². The standard InChI is InChI=1S/C9H20N2O2S.ClH/c1-9(2,10)7-11-14(12,13)6-5-8-3-4-8;/h8,11H,3-7,10H2,1-2H3;1H. The zero-order valence-electron chi connectivity index (χ0n) is 9.32. The highest BCUT2D eigenvalue weighted by molar-refractivity contribution is 7.89. The van der Waals surface area contributed by atoms with E-state index in [0.29, 0.717) is 12.5 Å². The maximum Gasteiger partial charge on any atom is 0.211 e. The van der Waals surface area contributed by atoms with Crippen LogP contribution in [0.1, 0.15) is 33.1 Å². The predicted octanol–water partition coefficient (Wildman–Crippen LogP) is 0.865. The molecule has 0 saturated heterocycles. The van der Waals surface area contributed by atoms with Crippen molar-refractivity contribution >= 4 is 22.4 Å². The van der Waals surface area contributed by atoms with Gasteiger partial charge in [0.15, 0.2) is 0 Å². The number of halogens is 1. The molecular weight excluding hydrogens is 236 g/mol. The third-order valence-corrected chi connectivity index (χ3v) is 3.60. The molecule has 0 atom stereocenters. The normalized spacial score (nSPS) is 17.3. The first-order valence-electron chi connectivity index (χ1n) is 5.05. The fourth-order valence-corrected chi connectivity index (χ4v) is 2.48. The molecule has 0 aromatic rings. The molecule has 1 saturated carbocycles. The number of nitrogens with two attached hydrogens (primary N) is 1. The van der Waals surface area contributed by atoms with Gasteiger partial charge in [-0.05, 0) is 26.2 Å². The van der Waals surface area contributed by atoms with Gasteiger partial charge in [0, 0.05) is 12.1 Å². The Hall–Kier alpha value is 0.160. The average molecular weight is 257 g/mol. The highest BCUT2D eigenvalue weighted by Gasteiger charge is 2.24. The second-order valence-corrected chi connectivity index (χ2v) is 6.79. The maximum atomic E-state index is 11.4. The Balaban J connectivity index is 0.00000196. The monoisotopic (exact) mass is 256 g/mol. The largest absolute Gasteiger partial charge is 0.324 e. The SMILES string of the molecule is CC(C)(N)CNS(=O)(=O)CCC1CC1.Cl. The van der Waals surface area contributed by atoms with Gasteiger partial charge in [-0.1, -0.05) is 12.8 Å². The molecule has 0 bridgehead atoms. The van der Waals surface area contributed by atoms with Crippen molar-refractivity contribution < 1.29 is 8.42 Å². The average Bonchev–Trinajstić information content (AvgIpc) is 2.79. The van der Waals surface area contributed by atoms with Crippen LogP contribution in [0.15, 0.2) is 0 Å². The van der Waals surface area contributed by atoms with Crippen molar-refractivity contribution in [2.45, 2.75) is 38.6 Å². The quantitative estimate of drug-likeness (QED) is 0.741. The Labute approximate surface area is 98.5 Å². The van der Waals surface area contributed by atoms with Crippen molar-refractivity contribution in [3.63, 3.8) is 0 Å². The van der Waals surface area contributed by atoms with E-state index in [2.05, 4.69) is 4.72 Å². The molecule has 6 heteroatoms. The third-order valence-electron chi connectivity index (χ3n) is 2.24. The zero-order valence-corrected chi connectivity index (χ0v) is 11.0. The van der Waals surface area contributed by atoms with Gasteiger partial charge in [-0.25, -0.2) is 13.1 Å². The van der Waals surface area contributed by atoms with Gasteiger partial charge in [-0.2, -0.15) is 0 Å². The zero-order chi connectivity index (χ0) is 10.8. The first kappa shape index (κ1) is 15.2. The van der Waals surface area contributed by atoms with Crippen LogP contribution in [0.4, 0.5) is 0 Å². The van der Waals surface area contributed by atoms with E-state index >= 15 is 0 Å². The molecule has 3 N–H and O–H groups in total. The molecule has 1 aliphatic carbocycles. The number of hydrogen-bond acceptors (Lipinski definition) is 3. The summed E-state index contributed by atoms with van der Waals surface area (Å²) in [6.07, 6.45) is 3.18. The van der Waals surface area contributed by atoms with E-state index < -0.39 is 15.6 Å².